The van der Waals surface area contributed by atoms with Gasteiger partial charge in [0.2, 0.25) is 0 Å². The highest BCUT2D eigenvalue weighted by Gasteiger charge is 2.49. The zero-order valence-corrected chi connectivity index (χ0v) is 28.1. The smallest absolute Gasteiger partial charge is 0.306 e. The summed E-state index contributed by atoms with van der Waals surface area (Å²) in [5.74, 6) is 0.462. The molecule has 2 aromatic rings. The van der Waals surface area contributed by atoms with Crippen LogP contribution in [0.1, 0.15) is 131 Å². The van der Waals surface area contributed by atoms with Gasteiger partial charge in [0, 0.05) is 13.0 Å². The zero-order valence-electron chi connectivity index (χ0n) is 27.1. The molecule has 1 unspecified atom stereocenters. The van der Waals surface area contributed by atoms with E-state index in [0.29, 0.717) is 18.9 Å². The van der Waals surface area contributed by atoms with Crippen LogP contribution in [0.25, 0.3) is 0 Å². The van der Waals surface area contributed by atoms with Gasteiger partial charge in [-0.3, -0.25) is 4.79 Å². The predicted octanol–water partition coefficient (Wildman–Crippen LogP) is 9.61. The van der Waals surface area contributed by atoms with E-state index in [0.717, 1.165) is 19.4 Å². The molecule has 3 nitrogen and oxygen atoms in total. The maximum Gasteiger partial charge on any atom is 0.306 e. The normalized spacial score (nSPS) is 12.8. The van der Waals surface area contributed by atoms with Gasteiger partial charge in [-0.1, -0.05) is 159 Å². The Bertz CT molecular complexity index is 883. The van der Waals surface area contributed by atoms with Crippen molar-refractivity contribution in [2.24, 2.45) is 5.92 Å². The van der Waals surface area contributed by atoms with E-state index in [9.17, 15) is 4.79 Å². The van der Waals surface area contributed by atoms with E-state index in [1.54, 1.807) is 0 Å². The quantitative estimate of drug-likeness (QED) is 0.0790. The molecule has 0 fully saturated rings. The van der Waals surface area contributed by atoms with Crippen molar-refractivity contribution in [2.75, 3.05) is 13.2 Å². The zero-order chi connectivity index (χ0) is 29.8. The maximum atomic E-state index is 12.2. The largest absolute Gasteiger partial charge is 0.466 e. The summed E-state index contributed by atoms with van der Waals surface area (Å²) in [4.78, 5) is 12.2. The van der Waals surface area contributed by atoms with Crippen molar-refractivity contribution in [1.29, 1.82) is 0 Å². The van der Waals surface area contributed by atoms with Crippen molar-refractivity contribution in [3.05, 3.63) is 60.7 Å². The highest BCUT2D eigenvalue weighted by Crippen LogP contribution is 2.37. The van der Waals surface area contributed by atoms with Crippen molar-refractivity contribution in [1.82, 2.24) is 0 Å². The number of unbranched alkanes of at least 4 members (excludes halogenated alkanes) is 10. The Kier molecular flexibility index (Phi) is 17.3. The number of hydrogen-bond acceptors (Lipinski definition) is 3. The summed E-state index contributed by atoms with van der Waals surface area (Å²) in [6, 6.07) is 21.9. The number of carbonyl (C=O) groups is 1. The molecule has 0 aliphatic rings. The molecule has 0 aliphatic carbocycles. The van der Waals surface area contributed by atoms with Crippen LogP contribution in [0, 0.1) is 5.92 Å². The molecule has 0 bridgehead atoms. The molecule has 0 saturated carbocycles. The van der Waals surface area contributed by atoms with E-state index in [1.165, 1.54) is 87.4 Å². The molecule has 0 spiro atoms. The monoisotopic (exact) mass is 580 g/mol. The molecule has 0 amide bonds. The van der Waals surface area contributed by atoms with Crippen molar-refractivity contribution in [2.45, 2.75) is 136 Å². The third-order valence-electron chi connectivity index (χ3n) is 8.47. The van der Waals surface area contributed by atoms with Gasteiger partial charge >= 0.3 is 5.97 Å². The minimum Gasteiger partial charge on any atom is -0.466 e. The number of ether oxygens (including phenoxy) is 1. The Balaban J connectivity index is 1.81. The summed E-state index contributed by atoms with van der Waals surface area (Å²) in [5.41, 5.74) is 0. The van der Waals surface area contributed by atoms with Crippen LogP contribution in [0.3, 0.4) is 0 Å². The van der Waals surface area contributed by atoms with Gasteiger partial charge in [-0.15, -0.1) is 0 Å². The van der Waals surface area contributed by atoms with Gasteiger partial charge < -0.3 is 9.16 Å². The van der Waals surface area contributed by atoms with Gasteiger partial charge in [-0.2, -0.15) is 0 Å². The molecule has 0 aliphatic heterocycles. The minimum atomic E-state index is -2.43. The summed E-state index contributed by atoms with van der Waals surface area (Å²) in [6.07, 6.45) is 18.1. The third-order valence-corrected chi connectivity index (χ3v) is 13.5. The second kappa shape index (κ2) is 20.1. The van der Waals surface area contributed by atoms with Crippen LogP contribution in [0.5, 0.6) is 0 Å². The van der Waals surface area contributed by atoms with Crippen molar-refractivity contribution >= 4 is 24.7 Å². The second-order valence-corrected chi connectivity index (χ2v) is 17.2. The Hall–Kier alpha value is -1.91. The van der Waals surface area contributed by atoms with Gasteiger partial charge in [0.15, 0.2) is 0 Å². The Morgan fingerprint density at radius 1 is 0.683 bits per heavy atom. The Morgan fingerprint density at radius 2 is 1.15 bits per heavy atom. The van der Waals surface area contributed by atoms with E-state index in [2.05, 4.69) is 88.4 Å². The molecule has 0 aromatic heterocycles. The van der Waals surface area contributed by atoms with Gasteiger partial charge in [0.1, 0.15) is 0 Å². The van der Waals surface area contributed by atoms with E-state index >= 15 is 0 Å². The molecule has 0 heterocycles. The fourth-order valence-corrected chi connectivity index (χ4v) is 10.9. The maximum absolute atomic E-state index is 12.2. The first-order valence-electron chi connectivity index (χ1n) is 16.8. The first-order valence-corrected chi connectivity index (χ1v) is 18.7. The highest BCUT2D eigenvalue weighted by molar-refractivity contribution is 6.99. The van der Waals surface area contributed by atoms with Crippen LogP contribution in [0.15, 0.2) is 60.7 Å². The predicted molar refractivity (Wildman–Crippen MR) is 179 cm³/mol. The standard InChI is InChI=1S/C37H60O3Si/c1-6-8-9-10-11-13-18-25-33(32-36(38)39-7-2)26-19-14-12-15-24-31-40-41(37(3,4)5,34-27-20-16-21-28-34)35-29-22-17-23-30-35/h16-17,20-23,27-30,33H,6-15,18-19,24-26,31-32H2,1-5H3. The highest BCUT2D eigenvalue weighted by atomic mass is 28.4. The van der Waals surface area contributed by atoms with Gasteiger partial charge in [0.05, 0.1) is 6.61 Å². The summed E-state index contributed by atoms with van der Waals surface area (Å²) in [7, 11) is -2.43. The van der Waals surface area contributed by atoms with Crippen LogP contribution in [-0.4, -0.2) is 27.5 Å². The summed E-state index contributed by atoms with van der Waals surface area (Å²) in [6.45, 7) is 12.5. The summed E-state index contributed by atoms with van der Waals surface area (Å²) in [5, 5.41) is 2.73. The van der Waals surface area contributed by atoms with Crippen LogP contribution in [0.4, 0.5) is 0 Å². The van der Waals surface area contributed by atoms with Crippen LogP contribution < -0.4 is 10.4 Å². The molecule has 0 N–H and O–H groups in total. The molecular formula is C37H60O3Si. The van der Waals surface area contributed by atoms with E-state index in [-0.39, 0.29) is 11.0 Å². The fraction of sp³-hybridized carbons (Fsp3) is 0.649. The SMILES string of the molecule is CCCCCCCCCC(CCCCCCCO[Si](c1ccccc1)(c1ccccc1)C(C)(C)C)CC(=O)OCC. The number of benzene rings is 2. The lowest BCUT2D eigenvalue weighted by Crippen LogP contribution is -2.66. The van der Waals surface area contributed by atoms with Gasteiger partial charge in [-0.05, 0) is 47.5 Å². The Morgan fingerprint density at radius 3 is 1.61 bits per heavy atom. The van der Waals surface area contributed by atoms with Crippen molar-refractivity contribution < 1.29 is 14.0 Å². The average Bonchev–Trinajstić information content (AvgIpc) is 2.96. The molecule has 4 heteroatoms. The molecule has 2 aromatic carbocycles. The fourth-order valence-electron chi connectivity index (χ4n) is 6.25. The van der Waals surface area contributed by atoms with Gasteiger partial charge in [0.25, 0.3) is 8.32 Å². The first kappa shape index (κ1) is 35.3. The number of rotatable bonds is 22. The topological polar surface area (TPSA) is 35.5 Å². The summed E-state index contributed by atoms with van der Waals surface area (Å²) < 4.78 is 12.3. The molecule has 230 valence electrons. The lowest BCUT2D eigenvalue weighted by Gasteiger charge is -2.43. The molecule has 41 heavy (non-hydrogen) atoms. The number of carbonyl (C=O) groups excluding carboxylic acids is 1. The van der Waals surface area contributed by atoms with Crippen molar-refractivity contribution in [3.63, 3.8) is 0 Å². The van der Waals surface area contributed by atoms with Crippen LogP contribution >= 0.6 is 0 Å². The van der Waals surface area contributed by atoms with Crippen LogP contribution in [0.2, 0.25) is 5.04 Å². The number of esters is 1. The van der Waals surface area contributed by atoms with E-state index < -0.39 is 8.32 Å². The lowest BCUT2D eigenvalue weighted by molar-refractivity contribution is -0.144. The molecule has 0 saturated heterocycles. The van der Waals surface area contributed by atoms with Gasteiger partial charge in [-0.25, -0.2) is 0 Å². The summed E-state index contributed by atoms with van der Waals surface area (Å²) >= 11 is 0. The first-order chi connectivity index (χ1) is 19.8. The lowest BCUT2D eigenvalue weighted by atomic mass is 9.91. The molecular weight excluding hydrogens is 520 g/mol. The molecule has 2 rings (SSSR count). The van der Waals surface area contributed by atoms with Crippen LogP contribution in [-0.2, 0) is 14.0 Å². The van der Waals surface area contributed by atoms with E-state index in [1.807, 2.05) is 6.92 Å². The Labute approximate surface area is 254 Å². The van der Waals surface area contributed by atoms with E-state index in [4.69, 9.17) is 9.16 Å². The number of hydrogen-bond donors (Lipinski definition) is 0. The molecule has 1 atom stereocenters. The third kappa shape index (κ3) is 12.5. The average molecular weight is 581 g/mol. The van der Waals surface area contributed by atoms with Crippen molar-refractivity contribution in [3.8, 4) is 0 Å². The molecule has 0 radical (unpaired) electrons. The second-order valence-electron chi connectivity index (χ2n) is 12.9. The minimum absolute atomic E-state index is 0.0130.